The molecule has 1 aromatic heterocycles. The fourth-order valence-corrected chi connectivity index (χ4v) is 2.58. The van der Waals surface area contributed by atoms with Crippen LogP contribution >= 0.6 is 15.9 Å². The number of nitrogens with two attached hydrogens (primary N) is 1. The first-order chi connectivity index (χ1) is 7.00. The lowest BCUT2D eigenvalue weighted by molar-refractivity contribution is 0.598. The first kappa shape index (κ1) is 10.5. The molecule has 2 aromatic rings. The number of aromatic nitrogens is 1. The maximum atomic E-state index is 11.3. The van der Waals surface area contributed by atoms with Crippen molar-refractivity contribution in [2.75, 3.05) is 0 Å². The number of hydrogen-bond donors (Lipinski definition) is 1. The van der Waals surface area contributed by atoms with E-state index in [0.717, 1.165) is 9.86 Å². The maximum Gasteiger partial charge on any atom is 0.238 e. The summed E-state index contributed by atoms with van der Waals surface area (Å²) in [5.41, 5.74) is 0. The molecule has 2 rings (SSSR count). The molecule has 1 aromatic carbocycles. The summed E-state index contributed by atoms with van der Waals surface area (Å²) < 4.78 is 23.4. The third-order valence-corrected chi connectivity index (χ3v) is 3.69. The van der Waals surface area contributed by atoms with E-state index >= 15 is 0 Å². The van der Waals surface area contributed by atoms with Crippen molar-refractivity contribution in [1.82, 2.24) is 4.98 Å². The highest BCUT2D eigenvalue weighted by Gasteiger charge is 2.13. The van der Waals surface area contributed by atoms with E-state index in [2.05, 4.69) is 20.9 Å². The average molecular weight is 287 g/mol. The molecule has 2 N–H and O–H groups in total. The summed E-state index contributed by atoms with van der Waals surface area (Å²) in [6.45, 7) is 0. The normalized spacial score (nSPS) is 11.9. The molecule has 0 saturated carbocycles. The summed E-state index contributed by atoms with van der Waals surface area (Å²) in [6.07, 6.45) is 3.08. The predicted molar refractivity (Wildman–Crippen MR) is 60.8 cm³/mol. The van der Waals surface area contributed by atoms with Crippen LogP contribution in [0.25, 0.3) is 10.8 Å². The first-order valence-electron chi connectivity index (χ1n) is 4.05. The van der Waals surface area contributed by atoms with Crippen LogP contribution in [0.3, 0.4) is 0 Å². The molecule has 6 heteroatoms. The van der Waals surface area contributed by atoms with Crippen LogP contribution in [0.15, 0.2) is 40.0 Å². The van der Waals surface area contributed by atoms with Gasteiger partial charge >= 0.3 is 0 Å². The quantitative estimate of drug-likeness (QED) is 0.866. The number of rotatable bonds is 1. The molecule has 78 valence electrons. The molecule has 0 bridgehead atoms. The number of primary sulfonamides is 1. The summed E-state index contributed by atoms with van der Waals surface area (Å²) in [7, 11) is -3.71. The first-order valence-corrected chi connectivity index (χ1v) is 6.39. The molecule has 0 fully saturated rings. The average Bonchev–Trinajstić information content (AvgIpc) is 2.17. The molecule has 0 aliphatic heterocycles. The van der Waals surface area contributed by atoms with Gasteiger partial charge in [0.1, 0.15) is 0 Å². The lowest BCUT2D eigenvalue weighted by Crippen LogP contribution is -2.12. The molecule has 0 aliphatic rings. The van der Waals surface area contributed by atoms with Gasteiger partial charge in [0.05, 0.1) is 4.90 Å². The Labute approximate surface area is 95.3 Å². The third kappa shape index (κ3) is 1.88. The van der Waals surface area contributed by atoms with Gasteiger partial charge in [-0.2, -0.15) is 0 Å². The molecule has 15 heavy (non-hydrogen) atoms. The molecular formula is C9H7BrN2O2S. The van der Waals surface area contributed by atoms with Crippen LogP contribution in [0.4, 0.5) is 0 Å². The smallest absolute Gasteiger partial charge is 0.238 e. The Bertz CT molecular complexity index is 625. The Morgan fingerprint density at radius 1 is 1.20 bits per heavy atom. The highest BCUT2D eigenvalue weighted by molar-refractivity contribution is 9.10. The Morgan fingerprint density at radius 3 is 2.60 bits per heavy atom. The fraction of sp³-hybridized carbons (Fsp3) is 0. The number of benzene rings is 1. The van der Waals surface area contributed by atoms with E-state index in [9.17, 15) is 8.42 Å². The molecule has 0 saturated heterocycles. The van der Waals surface area contributed by atoms with Crippen LogP contribution in [0, 0.1) is 0 Å². The van der Waals surface area contributed by atoms with Crippen LogP contribution in [0.1, 0.15) is 0 Å². The largest absolute Gasteiger partial charge is 0.264 e. The summed E-state index contributed by atoms with van der Waals surface area (Å²) in [5, 5.41) is 6.40. The van der Waals surface area contributed by atoms with E-state index in [4.69, 9.17) is 5.14 Å². The van der Waals surface area contributed by atoms with Crippen molar-refractivity contribution in [2.24, 2.45) is 5.14 Å². The SMILES string of the molecule is NS(=O)(=O)c1ccc(Br)c2ccncc12. The predicted octanol–water partition coefficient (Wildman–Crippen LogP) is 1.64. The van der Waals surface area contributed by atoms with Crippen molar-refractivity contribution in [3.8, 4) is 0 Å². The topological polar surface area (TPSA) is 73.1 Å². The van der Waals surface area contributed by atoms with Crippen LogP contribution in [-0.4, -0.2) is 13.4 Å². The molecule has 0 radical (unpaired) electrons. The van der Waals surface area contributed by atoms with Crippen LogP contribution in [0.5, 0.6) is 0 Å². The summed E-state index contributed by atoms with van der Waals surface area (Å²) in [5.74, 6) is 0. The zero-order valence-electron chi connectivity index (χ0n) is 7.51. The molecule has 0 amide bonds. The second-order valence-electron chi connectivity index (χ2n) is 3.01. The van der Waals surface area contributed by atoms with Gasteiger partial charge in [0.15, 0.2) is 0 Å². The lowest BCUT2D eigenvalue weighted by Gasteiger charge is -2.05. The Kier molecular flexibility index (Phi) is 2.49. The summed E-state index contributed by atoms with van der Waals surface area (Å²) in [6, 6.07) is 4.85. The third-order valence-electron chi connectivity index (χ3n) is 2.03. The number of pyridine rings is 1. The van der Waals surface area contributed by atoms with Crippen molar-refractivity contribution < 1.29 is 8.42 Å². The standard InChI is InChI=1S/C9H7BrN2O2S/c10-8-1-2-9(15(11,13)14)7-5-12-4-3-6(7)8/h1-5H,(H2,11,13,14). The maximum absolute atomic E-state index is 11.3. The van der Waals surface area contributed by atoms with E-state index < -0.39 is 10.0 Å². The molecule has 1 heterocycles. The zero-order valence-corrected chi connectivity index (χ0v) is 9.92. The molecule has 4 nitrogen and oxygen atoms in total. The Morgan fingerprint density at radius 2 is 1.93 bits per heavy atom. The van der Waals surface area contributed by atoms with E-state index in [1.54, 1.807) is 18.3 Å². The molecule has 0 unspecified atom stereocenters. The van der Waals surface area contributed by atoms with Crippen molar-refractivity contribution in [3.63, 3.8) is 0 Å². The summed E-state index contributed by atoms with van der Waals surface area (Å²) >= 11 is 3.33. The van der Waals surface area contributed by atoms with Gasteiger partial charge in [-0.1, -0.05) is 15.9 Å². The van der Waals surface area contributed by atoms with Gasteiger partial charge in [-0.05, 0) is 18.2 Å². The number of nitrogens with zero attached hydrogens (tertiary/aromatic N) is 1. The minimum absolute atomic E-state index is 0.0915. The minimum atomic E-state index is -3.71. The number of halogens is 1. The van der Waals surface area contributed by atoms with E-state index in [1.165, 1.54) is 12.3 Å². The van der Waals surface area contributed by atoms with Gasteiger partial charge in [0.25, 0.3) is 0 Å². The van der Waals surface area contributed by atoms with Crippen molar-refractivity contribution in [1.29, 1.82) is 0 Å². The fourth-order valence-electron chi connectivity index (χ4n) is 1.38. The van der Waals surface area contributed by atoms with Gasteiger partial charge in [0.2, 0.25) is 10.0 Å². The Hall–Kier alpha value is -0.980. The second-order valence-corrected chi connectivity index (χ2v) is 5.40. The molecule has 0 spiro atoms. The van der Waals surface area contributed by atoms with Crippen molar-refractivity contribution in [2.45, 2.75) is 4.90 Å². The highest BCUT2D eigenvalue weighted by Crippen LogP contribution is 2.27. The van der Waals surface area contributed by atoms with Crippen molar-refractivity contribution in [3.05, 3.63) is 35.1 Å². The van der Waals surface area contributed by atoms with Gasteiger partial charge < -0.3 is 0 Å². The minimum Gasteiger partial charge on any atom is -0.264 e. The van der Waals surface area contributed by atoms with E-state index in [0.29, 0.717) is 5.39 Å². The number of fused-ring (bicyclic) bond motifs is 1. The Balaban J connectivity index is 2.96. The van der Waals surface area contributed by atoms with E-state index in [1.807, 2.05) is 0 Å². The number of sulfonamides is 1. The van der Waals surface area contributed by atoms with Gasteiger partial charge in [0, 0.05) is 27.6 Å². The second kappa shape index (κ2) is 3.55. The lowest BCUT2D eigenvalue weighted by atomic mass is 10.2. The monoisotopic (exact) mass is 286 g/mol. The van der Waals surface area contributed by atoms with Crippen LogP contribution < -0.4 is 5.14 Å². The van der Waals surface area contributed by atoms with Crippen LogP contribution in [-0.2, 0) is 10.0 Å². The highest BCUT2D eigenvalue weighted by atomic mass is 79.9. The van der Waals surface area contributed by atoms with E-state index in [-0.39, 0.29) is 4.90 Å². The molecular weight excluding hydrogens is 280 g/mol. The molecule has 0 atom stereocenters. The summed E-state index contributed by atoms with van der Waals surface area (Å²) in [4.78, 5) is 3.98. The molecule has 0 aliphatic carbocycles. The number of hydrogen-bond acceptors (Lipinski definition) is 3. The van der Waals surface area contributed by atoms with Crippen LogP contribution in [0.2, 0.25) is 0 Å². The van der Waals surface area contributed by atoms with Gasteiger partial charge in [-0.3, -0.25) is 4.98 Å². The van der Waals surface area contributed by atoms with Gasteiger partial charge in [-0.15, -0.1) is 0 Å². The van der Waals surface area contributed by atoms with Gasteiger partial charge in [-0.25, -0.2) is 13.6 Å². The van der Waals surface area contributed by atoms with Crippen molar-refractivity contribution >= 4 is 36.7 Å². The zero-order chi connectivity index (χ0) is 11.1.